The Morgan fingerprint density at radius 3 is 2.67 bits per heavy atom. The number of aromatic nitrogens is 2. The molecule has 128 valence electrons. The van der Waals surface area contributed by atoms with Gasteiger partial charge in [-0.3, -0.25) is 14.2 Å². The number of hydrogen-bond acceptors (Lipinski definition) is 4. The number of amides is 1. The highest BCUT2D eigenvalue weighted by molar-refractivity contribution is 7.99. The molecule has 0 atom stereocenters. The number of thioether (sulfide) groups is 1. The van der Waals surface area contributed by atoms with E-state index < -0.39 is 0 Å². The van der Waals surface area contributed by atoms with Crippen molar-refractivity contribution >= 4 is 23.4 Å². The van der Waals surface area contributed by atoms with Crippen LogP contribution in [0.3, 0.4) is 0 Å². The first kappa shape index (κ1) is 18.3. The molecule has 1 N–H and O–H groups in total. The fourth-order valence-corrected chi connectivity index (χ4v) is 3.07. The number of aryl methyl sites for hydroxylation is 2. The van der Waals surface area contributed by atoms with Crippen molar-refractivity contribution in [2.24, 2.45) is 7.05 Å². The minimum Gasteiger partial charge on any atom is -0.326 e. The maximum absolute atomic E-state index is 11.9. The second kappa shape index (κ2) is 8.68. The molecular formula is C18H23N3O2S. The van der Waals surface area contributed by atoms with E-state index in [0.29, 0.717) is 11.6 Å². The molecule has 6 heteroatoms. The lowest BCUT2D eigenvalue weighted by Gasteiger charge is -2.08. The third kappa shape index (κ3) is 5.23. The number of rotatable bonds is 7. The molecule has 5 nitrogen and oxygen atoms in total. The Bertz CT molecular complexity index is 754. The van der Waals surface area contributed by atoms with E-state index in [1.807, 2.05) is 38.1 Å². The van der Waals surface area contributed by atoms with Gasteiger partial charge in [0, 0.05) is 36.7 Å². The molecule has 0 fully saturated rings. The van der Waals surface area contributed by atoms with E-state index in [-0.39, 0.29) is 11.5 Å². The smallest absolute Gasteiger partial charge is 0.254 e. The van der Waals surface area contributed by atoms with E-state index in [9.17, 15) is 9.59 Å². The molecule has 1 aromatic heterocycles. The molecular weight excluding hydrogens is 322 g/mol. The lowest BCUT2D eigenvalue weighted by atomic mass is 10.2. The van der Waals surface area contributed by atoms with Crippen molar-refractivity contribution in [3.05, 3.63) is 51.9 Å². The van der Waals surface area contributed by atoms with Gasteiger partial charge in [-0.1, -0.05) is 36.4 Å². The van der Waals surface area contributed by atoms with Crippen LogP contribution in [-0.4, -0.2) is 21.2 Å². The van der Waals surface area contributed by atoms with Crippen LogP contribution in [0.1, 0.15) is 31.0 Å². The van der Waals surface area contributed by atoms with Crippen LogP contribution in [0.5, 0.6) is 0 Å². The highest BCUT2D eigenvalue weighted by atomic mass is 32.2. The molecule has 0 saturated heterocycles. The Balaban J connectivity index is 1.80. The Morgan fingerprint density at radius 1 is 1.29 bits per heavy atom. The summed E-state index contributed by atoms with van der Waals surface area (Å²) >= 11 is 1.51. The second-order valence-electron chi connectivity index (χ2n) is 5.65. The lowest BCUT2D eigenvalue weighted by molar-refractivity contribution is -0.116. The molecule has 0 aliphatic rings. The Morgan fingerprint density at radius 2 is 2.00 bits per heavy atom. The van der Waals surface area contributed by atoms with Crippen LogP contribution >= 0.6 is 11.8 Å². The summed E-state index contributed by atoms with van der Waals surface area (Å²) in [6.07, 6.45) is 1.92. The number of carbonyl (C=O) groups excluding carboxylic acids is 1. The number of benzene rings is 1. The Hall–Kier alpha value is -2.08. The third-order valence-corrected chi connectivity index (χ3v) is 4.74. The number of nitrogens with zero attached hydrogens (tertiary/aromatic N) is 2. The van der Waals surface area contributed by atoms with E-state index in [0.717, 1.165) is 35.5 Å². The minimum absolute atomic E-state index is 0.00334. The monoisotopic (exact) mass is 345 g/mol. The van der Waals surface area contributed by atoms with Crippen molar-refractivity contribution in [1.82, 2.24) is 9.55 Å². The fourth-order valence-electron chi connectivity index (χ4n) is 2.13. The molecule has 1 heterocycles. The van der Waals surface area contributed by atoms with Gasteiger partial charge in [-0.05, 0) is 31.9 Å². The second-order valence-corrected chi connectivity index (χ2v) is 6.71. The maximum atomic E-state index is 11.9. The van der Waals surface area contributed by atoms with Gasteiger partial charge in [-0.2, -0.15) is 0 Å². The number of anilines is 1. The van der Waals surface area contributed by atoms with Crippen molar-refractivity contribution in [2.75, 3.05) is 11.1 Å². The number of carbonyl (C=O) groups is 1. The van der Waals surface area contributed by atoms with Gasteiger partial charge in [0.25, 0.3) is 5.56 Å². The summed E-state index contributed by atoms with van der Waals surface area (Å²) in [5.74, 6) is 0.748. The van der Waals surface area contributed by atoms with Crippen LogP contribution in [0.25, 0.3) is 0 Å². The molecule has 1 amide bonds. The summed E-state index contributed by atoms with van der Waals surface area (Å²) < 4.78 is 1.55. The van der Waals surface area contributed by atoms with E-state index in [4.69, 9.17) is 0 Å². The van der Waals surface area contributed by atoms with E-state index in [1.54, 1.807) is 17.7 Å². The molecule has 0 radical (unpaired) electrons. The van der Waals surface area contributed by atoms with Gasteiger partial charge in [-0.15, -0.1) is 0 Å². The highest BCUT2D eigenvalue weighted by Crippen LogP contribution is 2.16. The predicted octanol–water partition coefficient (Wildman–Crippen LogP) is 3.16. The molecule has 1 aromatic carbocycles. The molecule has 0 spiro atoms. The summed E-state index contributed by atoms with van der Waals surface area (Å²) in [5, 5.41) is 3.59. The van der Waals surface area contributed by atoms with Gasteiger partial charge in [0.1, 0.15) is 0 Å². The molecule has 0 aliphatic carbocycles. The number of hydrogen-bond donors (Lipinski definition) is 1. The summed E-state index contributed by atoms with van der Waals surface area (Å²) in [6.45, 7) is 3.99. The van der Waals surface area contributed by atoms with Crippen LogP contribution in [0, 0.1) is 6.92 Å². The summed E-state index contributed by atoms with van der Waals surface area (Å²) in [6, 6.07) is 9.31. The van der Waals surface area contributed by atoms with E-state index in [1.165, 1.54) is 11.8 Å². The third-order valence-electron chi connectivity index (χ3n) is 3.62. The topological polar surface area (TPSA) is 64.0 Å². The van der Waals surface area contributed by atoms with Crippen LogP contribution < -0.4 is 10.9 Å². The van der Waals surface area contributed by atoms with Gasteiger partial charge < -0.3 is 5.32 Å². The zero-order valence-electron chi connectivity index (χ0n) is 14.3. The molecule has 0 unspecified atom stereocenters. The maximum Gasteiger partial charge on any atom is 0.254 e. The zero-order chi connectivity index (χ0) is 17.5. The largest absolute Gasteiger partial charge is 0.326 e. The van der Waals surface area contributed by atoms with Gasteiger partial charge in [0.15, 0.2) is 5.16 Å². The van der Waals surface area contributed by atoms with Crippen LogP contribution in [0.4, 0.5) is 5.69 Å². The van der Waals surface area contributed by atoms with Crippen molar-refractivity contribution in [1.29, 1.82) is 0 Å². The highest BCUT2D eigenvalue weighted by Gasteiger charge is 2.07. The van der Waals surface area contributed by atoms with E-state index >= 15 is 0 Å². The summed E-state index contributed by atoms with van der Waals surface area (Å²) in [7, 11) is 1.72. The SMILES string of the molecule is CCc1cc(=O)n(C)c(SCCCC(=O)Nc2ccc(C)cc2)n1. The van der Waals surface area contributed by atoms with Crippen molar-refractivity contribution in [3.63, 3.8) is 0 Å². The quantitative estimate of drug-likeness (QED) is 0.476. The molecule has 2 rings (SSSR count). The van der Waals surface area contributed by atoms with Crippen molar-refractivity contribution in [3.8, 4) is 0 Å². The zero-order valence-corrected chi connectivity index (χ0v) is 15.2. The molecule has 0 aliphatic heterocycles. The van der Waals surface area contributed by atoms with Crippen molar-refractivity contribution in [2.45, 2.75) is 38.3 Å². The van der Waals surface area contributed by atoms with E-state index in [2.05, 4.69) is 10.3 Å². The van der Waals surface area contributed by atoms with Gasteiger partial charge in [-0.25, -0.2) is 4.98 Å². The first-order chi connectivity index (χ1) is 11.5. The molecule has 2 aromatic rings. The van der Waals surface area contributed by atoms with Gasteiger partial charge in [0.05, 0.1) is 0 Å². The first-order valence-corrected chi connectivity index (χ1v) is 9.04. The summed E-state index contributed by atoms with van der Waals surface area (Å²) in [4.78, 5) is 28.2. The Kier molecular flexibility index (Phi) is 6.61. The van der Waals surface area contributed by atoms with Crippen LogP contribution in [-0.2, 0) is 18.3 Å². The van der Waals surface area contributed by atoms with Gasteiger partial charge in [0.2, 0.25) is 5.91 Å². The average Bonchev–Trinajstić information content (AvgIpc) is 2.57. The van der Waals surface area contributed by atoms with Crippen LogP contribution in [0.2, 0.25) is 0 Å². The first-order valence-electron chi connectivity index (χ1n) is 8.06. The van der Waals surface area contributed by atoms with Crippen LogP contribution in [0.15, 0.2) is 40.3 Å². The molecule has 0 saturated carbocycles. The predicted molar refractivity (Wildman–Crippen MR) is 98.6 cm³/mol. The Labute approximate surface area is 146 Å². The normalized spacial score (nSPS) is 10.6. The average molecular weight is 345 g/mol. The van der Waals surface area contributed by atoms with Crippen molar-refractivity contribution < 1.29 is 4.79 Å². The lowest BCUT2D eigenvalue weighted by Crippen LogP contribution is -2.20. The van der Waals surface area contributed by atoms with Gasteiger partial charge >= 0.3 is 0 Å². The molecule has 24 heavy (non-hydrogen) atoms. The minimum atomic E-state index is -0.0403. The fraction of sp³-hybridized carbons (Fsp3) is 0.389. The molecule has 0 bridgehead atoms. The standard InChI is InChI=1S/C18H23N3O2S/c1-4-14-12-17(23)21(3)18(20-14)24-11-5-6-16(22)19-15-9-7-13(2)8-10-15/h7-10,12H,4-6,11H2,1-3H3,(H,19,22). The summed E-state index contributed by atoms with van der Waals surface area (Å²) in [5.41, 5.74) is 2.74. The number of nitrogens with one attached hydrogen (secondary N) is 1.